The molecule has 5 rings (SSSR count). The number of amides is 1. The number of carbonyl (C=O) groups excluding carboxylic acids is 1. The third-order valence-electron chi connectivity index (χ3n) is 6.57. The highest BCUT2D eigenvalue weighted by Gasteiger charge is 2.41. The first kappa shape index (κ1) is 21.4. The summed E-state index contributed by atoms with van der Waals surface area (Å²) in [6.45, 7) is 2.88. The van der Waals surface area contributed by atoms with E-state index in [-0.39, 0.29) is 11.5 Å². The number of pyridine rings is 1. The Balaban J connectivity index is 1.34. The van der Waals surface area contributed by atoms with Crippen molar-refractivity contribution in [3.63, 3.8) is 0 Å². The van der Waals surface area contributed by atoms with Crippen molar-refractivity contribution in [2.45, 2.75) is 31.4 Å². The van der Waals surface area contributed by atoms with Crippen LogP contribution in [0.1, 0.15) is 25.0 Å². The highest BCUT2D eigenvalue weighted by atomic mass is 16.5. The molecule has 10 nitrogen and oxygen atoms in total. The summed E-state index contributed by atoms with van der Waals surface area (Å²) in [7, 11) is 3.18. The van der Waals surface area contributed by atoms with Gasteiger partial charge in [-0.25, -0.2) is 9.97 Å². The summed E-state index contributed by atoms with van der Waals surface area (Å²) in [4.78, 5) is 33.5. The van der Waals surface area contributed by atoms with Gasteiger partial charge in [-0.3, -0.25) is 9.78 Å². The van der Waals surface area contributed by atoms with Crippen LogP contribution in [-0.2, 0) is 16.1 Å². The summed E-state index contributed by atoms with van der Waals surface area (Å²) in [6, 6.07) is 3.76. The number of rotatable bonds is 5. The average Bonchev–Trinajstić information content (AvgIpc) is 3.27. The minimum atomic E-state index is -0.390. The number of hydrogen-bond acceptors (Lipinski definition) is 8. The number of H-pyrrole nitrogens is 1. The van der Waals surface area contributed by atoms with Crippen molar-refractivity contribution in [1.29, 1.82) is 0 Å². The van der Waals surface area contributed by atoms with Crippen molar-refractivity contribution >= 4 is 22.8 Å². The summed E-state index contributed by atoms with van der Waals surface area (Å²) in [5.74, 6) is 2.15. The zero-order chi connectivity index (χ0) is 22.8. The zero-order valence-electron chi connectivity index (χ0n) is 18.9. The van der Waals surface area contributed by atoms with Crippen molar-refractivity contribution in [3.05, 3.63) is 36.5 Å². The van der Waals surface area contributed by atoms with E-state index in [0.717, 1.165) is 42.8 Å². The van der Waals surface area contributed by atoms with E-state index in [9.17, 15) is 4.79 Å². The molecule has 2 saturated heterocycles. The summed E-state index contributed by atoms with van der Waals surface area (Å²) in [5.41, 5.74) is 1.12. The highest BCUT2D eigenvalue weighted by molar-refractivity contribution is 5.87. The lowest BCUT2D eigenvalue weighted by Gasteiger charge is -2.43. The number of piperidine rings is 1. The van der Waals surface area contributed by atoms with E-state index >= 15 is 0 Å². The van der Waals surface area contributed by atoms with Gasteiger partial charge in [0.05, 0.1) is 51.3 Å². The van der Waals surface area contributed by atoms with Gasteiger partial charge in [-0.1, -0.05) is 0 Å². The van der Waals surface area contributed by atoms with Crippen LogP contribution in [0.4, 0.5) is 5.82 Å². The van der Waals surface area contributed by atoms with Gasteiger partial charge in [0.25, 0.3) is 0 Å². The minimum absolute atomic E-state index is 0.0609. The number of ether oxygens (including phenoxy) is 3. The Morgan fingerprint density at radius 3 is 2.79 bits per heavy atom. The van der Waals surface area contributed by atoms with E-state index in [1.807, 2.05) is 17.2 Å². The molecule has 3 aromatic rings. The summed E-state index contributed by atoms with van der Waals surface area (Å²) >= 11 is 0. The molecule has 0 saturated carbocycles. The van der Waals surface area contributed by atoms with Crippen molar-refractivity contribution in [2.24, 2.45) is 0 Å². The van der Waals surface area contributed by atoms with Gasteiger partial charge in [-0.15, -0.1) is 0 Å². The molecule has 174 valence electrons. The lowest BCUT2D eigenvalue weighted by atomic mass is 9.90. The van der Waals surface area contributed by atoms with Crippen LogP contribution < -0.4 is 14.4 Å². The van der Waals surface area contributed by atoms with Crippen LogP contribution in [0.15, 0.2) is 30.9 Å². The van der Waals surface area contributed by atoms with Crippen LogP contribution >= 0.6 is 0 Å². The highest BCUT2D eigenvalue weighted by Crippen LogP contribution is 2.35. The Hall–Kier alpha value is -3.40. The molecule has 10 heteroatoms. The fraction of sp³-hybridized carbons (Fsp3) is 0.478. The van der Waals surface area contributed by atoms with Gasteiger partial charge in [-0.2, -0.15) is 0 Å². The molecule has 5 heterocycles. The maximum absolute atomic E-state index is 12.9. The van der Waals surface area contributed by atoms with E-state index in [0.29, 0.717) is 43.3 Å². The molecular formula is C23H28N6O4. The molecule has 0 bridgehead atoms. The van der Waals surface area contributed by atoms with E-state index in [1.165, 1.54) is 0 Å². The third-order valence-corrected chi connectivity index (χ3v) is 6.57. The standard InChI is InChI=1S/C23H28N6O4/c1-31-18-4-9-24-17(20(18)32-2)13-29-14-23(33-12-5-19(29)30)6-10-28(11-7-23)22-16-3-8-25-21(16)26-15-27-22/h3-4,8-9,15H,5-7,10-14H2,1-2H3,(H,25,26,27). The number of nitrogens with zero attached hydrogens (tertiary/aromatic N) is 5. The largest absolute Gasteiger partial charge is 0.493 e. The quantitative estimate of drug-likeness (QED) is 0.628. The van der Waals surface area contributed by atoms with Crippen LogP contribution in [0, 0.1) is 0 Å². The van der Waals surface area contributed by atoms with E-state index in [1.54, 1.807) is 32.8 Å². The van der Waals surface area contributed by atoms with Crippen LogP contribution in [0.5, 0.6) is 11.5 Å². The second-order valence-corrected chi connectivity index (χ2v) is 8.45. The first-order valence-electron chi connectivity index (χ1n) is 11.1. The molecule has 2 aliphatic rings. The van der Waals surface area contributed by atoms with Crippen LogP contribution in [0.3, 0.4) is 0 Å². The summed E-state index contributed by atoms with van der Waals surface area (Å²) < 4.78 is 17.2. The molecule has 2 aliphatic heterocycles. The Labute approximate surface area is 191 Å². The third kappa shape index (κ3) is 4.06. The number of fused-ring (bicyclic) bond motifs is 1. The Kier molecular flexibility index (Phi) is 5.76. The van der Waals surface area contributed by atoms with Crippen molar-refractivity contribution in [3.8, 4) is 11.5 Å². The molecule has 0 aliphatic carbocycles. The normalized spacial score (nSPS) is 18.5. The first-order valence-corrected chi connectivity index (χ1v) is 11.1. The Morgan fingerprint density at radius 1 is 1.15 bits per heavy atom. The number of anilines is 1. The second kappa shape index (κ2) is 8.86. The smallest absolute Gasteiger partial charge is 0.225 e. The molecule has 0 atom stereocenters. The number of hydrogen-bond donors (Lipinski definition) is 1. The lowest BCUT2D eigenvalue weighted by molar-refractivity contribution is -0.132. The van der Waals surface area contributed by atoms with E-state index in [4.69, 9.17) is 14.2 Å². The fourth-order valence-corrected chi connectivity index (χ4v) is 4.82. The van der Waals surface area contributed by atoms with Crippen molar-refractivity contribution in [1.82, 2.24) is 24.8 Å². The van der Waals surface area contributed by atoms with Gasteiger partial charge in [-0.05, 0) is 18.9 Å². The summed E-state index contributed by atoms with van der Waals surface area (Å²) in [5, 5.41) is 1.02. The predicted octanol–water partition coefficient (Wildman–Crippen LogP) is 2.16. The first-order chi connectivity index (χ1) is 16.1. The Bertz CT molecular complexity index is 1140. The zero-order valence-corrected chi connectivity index (χ0v) is 18.9. The minimum Gasteiger partial charge on any atom is -0.493 e. The van der Waals surface area contributed by atoms with E-state index in [2.05, 4.69) is 24.8 Å². The van der Waals surface area contributed by atoms with Crippen molar-refractivity contribution < 1.29 is 19.0 Å². The molecule has 1 N–H and O–H groups in total. The maximum atomic E-state index is 12.9. The molecule has 0 radical (unpaired) electrons. The van der Waals surface area contributed by atoms with Gasteiger partial charge in [0.1, 0.15) is 23.5 Å². The molecular weight excluding hydrogens is 424 g/mol. The topological polar surface area (TPSA) is 106 Å². The van der Waals surface area contributed by atoms with E-state index < -0.39 is 0 Å². The molecule has 1 amide bonds. The Morgan fingerprint density at radius 2 is 2.00 bits per heavy atom. The van der Waals surface area contributed by atoms with Gasteiger partial charge < -0.3 is 29.0 Å². The number of aromatic nitrogens is 4. The van der Waals surface area contributed by atoms with Gasteiger partial charge in [0.2, 0.25) is 5.91 Å². The number of nitrogens with one attached hydrogen (secondary N) is 1. The molecule has 0 unspecified atom stereocenters. The molecule has 2 fully saturated rings. The fourth-order valence-electron chi connectivity index (χ4n) is 4.82. The second-order valence-electron chi connectivity index (χ2n) is 8.45. The van der Waals surface area contributed by atoms with Gasteiger partial charge in [0, 0.05) is 31.5 Å². The molecule has 0 aromatic carbocycles. The number of methoxy groups -OCH3 is 2. The predicted molar refractivity (Wildman–Crippen MR) is 121 cm³/mol. The monoisotopic (exact) mass is 452 g/mol. The number of carbonyl (C=O) groups is 1. The summed E-state index contributed by atoms with van der Waals surface area (Å²) in [6.07, 6.45) is 7.11. The van der Waals surface area contributed by atoms with Gasteiger partial charge in [0.15, 0.2) is 11.5 Å². The number of aromatic amines is 1. The maximum Gasteiger partial charge on any atom is 0.225 e. The SMILES string of the molecule is COc1ccnc(CN2CC3(CCN(c4ncnc5[nH]ccc45)CC3)OCCC2=O)c1OC. The average molecular weight is 453 g/mol. The lowest BCUT2D eigenvalue weighted by Crippen LogP contribution is -2.52. The van der Waals surface area contributed by atoms with Crippen LogP contribution in [-0.4, -0.2) is 76.8 Å². The van der Waals surface area contributed by atoms with Gasteiger partial charge >= 0.3 is 0 Å². The molecule has 1 spiro atoms. The molecule has 33 heavy (non-hydrogen) atoms. The van der Waals surface area contributed by atoms with Crippen LogP contribution in [0.2, 0.25) is 0 Å². The molecule has 3 aromatic heterocycles. The van der Waals surface area contributed by atoms with Crippen LogP contribution in [0.25, 0.3) is 11.0 Å². The van der Waals surface area contributed by atoms with Crippen molar-refractivity contribution in [2.75, 3.05) is 45.4 Å².